The second-order valence-electron chi connectivity index (χ2n) is 33.1. The van der Waals surface area contributed by atoms with Crippen LogP contribution < -0.4 is 26.6 Å². The number of amides is 5. The zero-order valence-corrected chi connectivity index (χ0v) is 88.7. The molecule has 6 aromatic carbocycles. The number of carbonyl (C=O) groups excluding carboxylic acids is 5. The van der Waals surface area contributed by atoms with Crippen molar-refractivity contribution in [3.63, 3.8) is 0 Å². The van der Waals surface area contributed by atoms with Gasteiger partial charge in [0.25, 0.3) is 39.6 Å². The van der Waals surface area contributed by atoms with E-state index in [9.17, 15) is 62.8 Å². The molecule has 0 spiro atoms. The Morgan fingerprint density at radius 1 is 0.380 bits per heavy atom. The first-order valence-corrected chi connectivity index (χ1v) is 53.5. The molecule has 5 amide bonds. The summed E-state index contributed by atoms with van der Waals surface area (Å²) in [4.78, 5) is 94.0. The number of carbonyl (C=O) groups is 5. The zero-order valence-electron chi connectivity index (χ0n) is 79.1. The van der Waals surface area contributed by atoms with E-state index in [0.717, 1.165) is 41.2 Å². The third kappa shape index (κ3) is 24.0. The molecule has 0 aliphatic heterocycles. The van der Waals surface area contributed by atoms with Gasteiger partial charge in [-0.2, -0.15) is 25.5 Å². The van der Waals surface area contributed by atoms with Gasteiger partial charge in [-0.3, -0.25) is 48.9 Å². The maximum absolute atomic E-state index is 13.6. The molecule has 21 aromatic rings. The van der Waals surface area contributed by atoms with Gasteiger partial charge in [0.1, 0.15) is 57.5 Å². The first-order chi connectivity index (χ1) is 72.2. The molecule has 0 saturated heterocycles. The summed E-state index contributed by atoms with van der Waals surface area (Å²) < 4.78 is 140. The number of aryl methyl sites for hydroxylation is 1. The van der Waals surface area contributed by atoms with E-state index in [-0.39, 0.29) is 99.0 Å². The van der Waals surface area contributed by atoms with Crippen LogP contribution >= 0.6 is 86.4 Å². The number of hydrogen-bond acceptors (Lipinski definition) is 27. The van der Waals surface area contributed by atoms with Gasteiger partial charge in [0.05, 0.1) is 192 Å². The molecule has 49 heteroatoms. The summed E-state index contributed by atoms with van der Waals surface area (Å²) in [6.07, 6.45) is 26.9. The Hall–Kier alpha value is -15.8. The summed E-state index contributed by atoms with van der Waals surface area (Å²) in [5.41, 5.74) is 9.17. The van der Waals surface area contributed by atoms with E-state index in [1.54, 1.807) is 160 Å². The molecule has 21 rings (SSSR count). The standard InChI is InChI=1S/C28H26FN5O5S2.C19H15BrFN5O2.C19H15BrFN5OS.C18H13BrFN5OS.C17H11BrFN5O2/c1-4-25(26-13-22(40(3,36)37)17-33(26)41(38,39)21-11-5-18(2)6-12-21)32-28(35)24-14-30-16-27-23(24)15-31-34(27)20-9-7-19(29)8-10-20;1-2-15(17-7-18(20)25-28-17)24-19(27)14-8-22-10-16-13(14)9-23-26(16)12-5-3-11(21)4-6-12;1-2-15(19-25-17(20)10-28-19)24-18(27)14-7-22-9-16-13(14)8-23-26(16)12-5-3-11(21)4-6-12;1-10(18-24-16(19)9-27-18)23-17(26)14-6-21-8-15-13(14)7-22-25(15)12-4-2-11(20)3-5-12;18-16-5-12(26-23-16)6-21-17(25)14-7-20-9-15-13(14)8-22-24(15)11-3-1-10(19)2-4-11/h5-17,25H,4H2,1-3H3,(H,32,35);2*3-10,15H,2H2,1H3,(H,24,27);2-10H,1H3,(H,23,26);1-5,7-9H,6H2,(H,21,25)/t25-;2*15-;10-;/m1000./s1. The smallest absolute Gasteiger partial charge is 0.267 e. The highest BCUT2D eigenvalue weighted by atomic mass is 79.9. The summed E-state index contributed by atoms with van der Waals surface area (Å²) in [6, 6.07) is 38.7. The Labute approximate surface area is 890 Å². The lowest BCUT2D eigenvalue weighted by Gasteiger charge is -2.20. The van der Waals surface area contributed by atoms with Gasteiger partial charge < -0.3 is 35.6 Å². The van der Waals surface area contributed by atoms with Crippen LogP contribution in [0.2, 0.25) is 0 Å². The van der Waals surface area contributed by atoms with Crippen LogP contribution in [0.4, 0.5) is 22.0 Å². The van der Waals surface area contributed by atoms with Crippen LogP contribution in [0.15, 0.2) is 311 Å². The van der Waals surface area contributed by atoms with Gasteiger partial charge in [0, 0.05) is 93.3 Å². The van der Waals surface area contributed by atoms with Crippen LogP contribution in [0, 0.1) is 36.0 Å². The highest BCUT2D eigenvalue weighted by Gasteiger charge is 2.32. The lowest BCUT2D eigenvalue weighted by Crippen LogP contribution is -2.31. The minimum absolute atomic E-state index is 0.0247. The largest absolute Gasteiger partial charge is 0.358 e. The number of nitrogens with one attached hydrogen (secondary N) is 5. The van der Waals surface area contributed by atoms with E-state index in [1.807, 2.05) is 38.5 Å². The van der Waals surface area contributed by atoms with Crippen LogP contribution in [-0.2, 0) is 26.4 Å². The number of hydrogen-bond donors (Lipinski definition) is 5. The van der Waals surface area contributed by atoms with E-state index >= 15 is 0 Å². The number of aromatic nitrogens is 20. The summed E-state index contributed by atoms with van der Waals surface area (Å²) in [5.74, 6) is -2.29. The summed E-state index contributed by atoms with van der Waals surface area (Å²) >= 11 is 16.0. The number of fused-ring (bicyclic) bond motifs is 5. The van der Waals surface area contributed by atoms with Crippen LogP contribution in [-0.4, -0.2) is 151 Å². The maximum Gasteiger partial charge on any atom is 0.267 e. The van der Waals surface area contributed by atoms with E-state index in [0.29, 0.717) is 139 Å². The number of benzene rings is 6. The van der Waals surface area contributed by atoms with Crippen molar-refractivity contribution in [3.05, 3.63) is 382 Å². The van der Waals surface area contributed by atoms with Crippen molar-refractivity contribution in [2.24, 2.45) is 0 Å². The molecule has 150 heavy (non-hydrogen) atoms. The molecule has 0 aliphatic rings. The van der Waals surface area contributed by atoms with Gasteiger partial charge in [0.2, 0.25) is 0 Å². The first kappa shape index (κ1) is 106. The number of sulfone groups is 1. The van der Waals surface area contributed by atoms with Crippen LogP contribution in [0.3, 0.4) is 0 Å². The molecular weight excluding hydrogens is 2280 g/mol. The summed E-state index contributed by atoms with van der Waals surface area (Å²) in [6.45, 7) is 9.56. The lowest BCUT2D eigenvalue weighted by molar-refractivity contribution is 0.0923. The highest BCUT2D eigenvalue weighted by molar-refractivity contribution is 9.11. The van der Waals surface area contributed by atoms with Crippen molar-refractivity contribution in [2.75, 3.05) is 6.26 Å². The monoisotopic (exact) mass is 2360 g/mol. The van der Waals surface area contributed by atoms with Crippen molar-refractivity contribution in [1.82, 2.24) is 125 Å². The predicted molar refractivity (Wildman–Crippen MR) is 562 cm³/mol. The fraction of sp³-hybridized carbons (Fsp3) is 0.139. The van der Waals surface area contributed by atoms with Crippen LogP contribution in [0.5, 0.6) is 0 Å². The van der Waals surface area contributed by atoms with E-state index in [4.69, 9.17) is 9.05 Å². The first-order valence-electron chi connectivity index (χ1n) is 45.3. The number of thiazole rings is 2. The van der Waals surface area contributed by atoms with E-state index < -0.39 is 37.6 Å². The lowest BCUT2D eigenvalue weighted by atomic mass is 10.1. The average Bonchev–Trinajstić information content (AvgIpc) is 1.60. The Balaban J connectivity index is 0.000000129. The Morgan fingerprint density at radius 2 is 0.707 bits per heavy atom. The molecule has 0 radical (unpaired) electrons. The molecule has 762 valence electrons. The van der Waals surface area contributed by atoms with Crippen LogP contribution in [0.25, 0.3) is 83.0 Å². The SMILES string of the molecule is CC[C@@H](NC(=O)c1cncc2c1cnn2-c1ccc(F)cc1)c1cc(S(C)(=O)=O)cn1S(=O)(=O)c1ccc(C)cc1.CC[C@H](NC(=O)c1cncc2c1cnn2-c1ccc(F)cc1)c1cc(Br)no1.CC[C@H](NC(=O)c1cncc2c1cnn2-c1ccc(F)cc1)c1nc(Br)cs1.C[C@H](NC(=O)c1cncc2c1cnn2-c1ccc(F)cc1)c1nc(Br)cs1.O=C(NCc1cc(Br)no1)c1cncc2c1cnn2-c1ccc(F)cc1. The highest BCUT2D eigenvalue weighted by Crippen LogP contribution is 2.35. The van der Waals surface area contributed by atoms with Crippen molar-refractivity contribution < 1.29 is 71.8 Å². The summed E-state index contributed by atoms with van der Waals surface area (Å²) in [7, 11) is -7.97. The number of rotatable bonds is 26. The molecule has 15 heterocycles. The Bertz CT molecular complexity index is 8610. The quantitative estimate of drug-likeness (QED) is 0.0314. The number of nitrogens with zero attached hydrogens (tertiary/aromatic N) is 20. The fourth-order valence-electron chi connectivity index (χ4n) is 15.6. The third-order valence-electron chi connectivity index (χ3n) is 23.2. The molecule has 15 aromatic heterocycles. The van der Waals surface area contributed by atoms with Gasteiger partial charge in [-0.25, -0.2) is 76.1 Å². The molecule has 0 aliphatic carbocycles. The second kappa shape index (κ2) is 46.3. The van der Waals surface area contributed by atoms with Crippen molar-refractivity contribution in [3.8, 4) is 28.4 Å². The Morgan fingerprint density at radius 3 is 1.03 bits per heavy atom. The van der Waals surface area contributed by atoms with E-state index in [1.165, 1.54) is 150 Å². The van der Waals surface area contributed by atoms with Crippen molar-refractivity contribution in [2.45, 2.75) is 94.4 Å². The minimum Gasteiger partial charge on any atom is -0.358 e. The molecule has 0 fully saturated rings. The average molecular weight is 2360 g/mol. The van der Waals surface area contributed by atoms with Gasteiger partial charge >= 0.3 is 0 Å². The van der Waals surface area contributed by atoms with Crippen LogP contribution in [0.1, 0.15) is 156 Å². The fourth-order valence-corrected chi connectivity index (χ4v) is 21.0. The number of pyridine rings is 5. The molecule has 0 unspecified atom stereocenters. The molecule has 0 saturated carbocycles. The molecular formula is C101H80Br4F5N25O11S4. The normalized spacial score (nSPS) is 12.2. The molecule has 5 N–H and O–H groups in total. The van der Waals surface area contributed by atoms with Gasteiger partial charge in [-0.05, 0) is 236 Å². The van der Waals surface area contributed by atoms with Gasteiger partial charge in [-0.15, -0.1) is 22.7 Å². The topological polar surface area (TPSA) is 450 Å². The molecule has 36 nitrogen and oxygen atoms in total. The third-order valence-corrected chi connectivity index (χ3v) is 30.1. The van der Waals surface area contributed by atoms with Gasteiger partial charge in [0.15, 0.2) is 21.4 Å². The molecule has 4 atom stereocenters. The van der Waals surface area contributed by atoms with E-state index in [2.05, 4.69) is 161 Å². The minimum atomic E-state index is -4.20. The predicted octanol–water partition coefficient (Wildman–Crippen LogP) is 20.6. The molecule has 0 bridgehead atoms. The van der Waals surface area contributed by atoms with Crippen molar-refractivity contribution in [1.29, 1.82) is 0 Å². The maximum atomic E-state index is 13.6. The Kier molecular flexibility index (Phi) is 32.6. The number of halogens is 9. The second-order valence-corrected chi connectivity index (χ2v) is 42.0. The van der Waals surface area contributed by atoms with Gasteiger partial charge in [-0.1, -0.05) is 48.8 Å². The zero-order chi connectivity index (χ0) is 106. The van der Waals surface area contributed by atoms with Crippen molar-refractivity contribution >= 4 is 190 Å². The summed E-state index contributed by atoms with van der Waals surface area (Å²) in [5, 5.41) is 52.1.